The highest BCUT2D eigenvalue weighted by molar-refractivity contribution is 6.22. The molecule has 0 unspecified atom stereocenters. The summed E-state index contributed by atoms with van der Waals surface area (Å²) in [4.78, 5) is 13.1. The minimum atomic E-state index is -4.49. The first-order valence-corrected chi connectivity index (χ1v) is 10.2. The summed E-state index contributed by atoms with van der Waals surface area (Å²) < 4.78 is 78.6. The summed E-state index contributed by atoms with van der Waals surface area (Å²) in [5.41, 5.74) is 1.94. The smallest absolute Gasteiger partial charge is 0.289 e. The van der Waals surface area contributed by atoms with E-state index in [1.807, 2.05) is 0 Å². The number of ketones is 1. The largest absolute Gasteiger partial charge is 0.416 e. The first-order valence-electron chi connectivity index (χ1n) is 10.2. The SMILES string of the molecule is O=C1c2cc(-c3cccc(C(F)(F)F)c3)ccc2-c2ccc(-c3cccc(C(F)(F)F)c3)cc21. The van der Waals surface area contributed by atoms with Gasteiger partial charge in [-0.1, -0.05) is 48.5 Å². The van der Waals surface area contributed by atoms with Gasteiger partial charge in [0.1, 0.15) is 0 Å². The quantitative estimate of drug-likeness (QED) is 0.238. The van der Waals surface area contributed by atoms with Crippen LogP contribution in [0.1, 0.15) is 27.0 Å². The Morgan fingerprint density at radius 3 is 1.21 bits per heavy atom. The Balaban J connectivity index is 1.53. The number of hydrogen-bond donors (Lipinski definition) is 0. The topological polar surface area (TPSA) is 17.1 Å². The van der Waals surface area contributed by atoms with Crippen molar-refractivity contribution in [3.05, 3.63) is 107 Å². The summed E-state index contributed by atoms with van der Waals surface area (Å²) in [6.07, 6.45) is -8.97. The van der Waals surface area contributed by atoms with E-state index in [1.165, 1.54) is 24.3 Å². The van der Waals surface area contributed by atoms with Gasteiger partial charge in [0, 0.05) is 11.1 Å². The molecule has 7 heteroatoms. The fraction of sp³-hybridized carbons (Fsp3) is 0.0741. The third-order valence-corrected chi connectivity index (χ3v) is 5.87. The molecule has 1 aliphatic rings. The fourth-order valence-corrected chi connectivity index (χ4v) is 4.19. The van der Waals surface area contributed by atoms with E-state index < -0.39 is 23.5 Å². The number of benzene rings is 4. The lowest BCUT2D eigenvalue weighted by atomic mass is 9.97. The van der Waals surface area contributed by atoms with Crippen molar-refractivity contribution in [2.45, 2.75) is 12.4 Å². The summed E-state index contributed by atoms with van der Waals surface area (Å²) in [7, 11) is 0. The second-order valence-electron chi connectivity index (χ2n) is 8.01. The van der Waals surface area contributed by atoms with Crippen LogP contribution in [-0.2, 0) is 12.4 Å². The van der Waals surface area contributed by atoms with E-state index in [2.05, 4.69) is 0 Å². The Morgan fingerprint density at radius 2 is 0.824 bits per heavy atom. The van der Waals surface area contributed by atoms with E-state index in [4.69, 9.17) is 0 Å². The predicted molar refractivity (Wildman–Crippen MR) is 116 cm³/mol. The van der Waals surface area contributed by atoms with E-state index in [1.54, 1.807) is 36.4 Å². The summed E-state index contributed by atoms with van der Waals surface area (Å²) >= 11 is 0. The van der Waals surface area contributed by atoms with Crippen LogP contribution in [0, 0.1) is 0 Å². The molecular weight excluding hydrogens is 454 g/mol. The number of carbonyl (C=O) groups is 1. The molecule has 5 rings (SSSR count). The van der Waals surface area contributed by atoms with E-state index >= 15 is 0 Å². The van der Waals surface area contributed by atoms with Gasteiger partial charge in [-0.25, -0.2) is 0 Å². The van der Waals surface area contributed by atoms with Crippen LogP contribution in [-0.4, -0.2) is 5.78 Å². The van der Waals surface area contributed by atoms with Crippen molar-refractivity contribution in [3.8, 4) is 33.4 Å². The number of hydrogen-bond acceptors (Lipinski definition) is 1. The lowest BCUT2D eigenvalue weighted by Crippen LogP contribution is -2.04. The highest BCUT2D eigenvalue weighted by Crippen LogP contribution is 2.41. The standard InChI is InChI=1S/C27H14F6O/c28-26(29,30)19-5-1-3-15(11-19)17-7-9-21-22-10-8-18(14-24(22)25(34)23(21)13-17)16-4-2-6-20(12-16)27(31,32)33/h1-14H. The molecule has 0 bridgehead atoms. The molecule has 0 aliphatic heterocycles. The molecule has 170 valence electrons. The zero-order valence-corrected chi connectivity index (χ0v) is 17.3. The number of fused-ring (bicyclic) bond motifs is 3. The van der Waals surface area contributed by atoms with Crippen molar-refractivity contribution in [3.63, 3.8) is 0 Å². The predicted octanol–water partition coefficient (Wildman–Crippen LogP) is 8.27. The molecule has 1 nitrogen and oxygen atoms in total. The van der Waals surface area contributed by atoms with Crippen LogP contribution in [0.15, 0.2) is 84.9 Å². The Labute approximate surface area is 190 Å². The third-order valence-electron chi connectivity index (χ3n) is 5.87. The molecule has 4 aromatic rings. The van der Waals surface area contributed by atoms with E-state index in [-0.39, 0.29) is 5.78 Å². The van der Waals surface area contributed by atoms with Crippen molar-refractivity contribution in [2.24, 2.45) is 0 Å². The average Bonchev–Trinajstić information content (AvgIpc) is 3.09. The van der Waals surface area contributed by atoms with Gasteiger partial charge in [0.25, 0.3) is 0 Å². The van der Waals surface area contributed by atoms with Gasteiger partial charge in [-0.15, -0.1) is 0 Å². The number of carbonyl (C=O) groups excluding carboxylic acids is 1. The third kappa shape index (κ3) is 3.77. The monoisotopic (exact) mass is 468 g/mol. The molecular formula is C27H14F6O. The average molecular weight is 468 g/mol. The number of alkyl halides is 6. The normalized spacial score (nSPS) is 13.1. The molecule has 4 aromatic carbocycles. The highest BCUT2D eigenvalue weighted by Gasteiger charge is 2.32. The van der Waals surface area contributed by atoms with Crippen LogP contribution in [0.3, 0.4) is 0 Å². The molecule has 0 saturated carbocycles. The van der Waals surface area contributed by atoms with Crippen molar-refractivity contribution in [1.82, 2.24) is 0 Å². The van der Waals surface area contributed by atoms with Gasteiger partial charge < -0.3 is 0 Å². The van der Waals surface area contributed by atoms with Crippen LogP contribution in [0.5, 0.6) is 0 Å². The Morgan fingerprint density at radius 1 is 0.441 bits per heavy atom. The van der Waals surface area contributed by atoms with Crippen molar-refractivity contribution >= 4 is 5.78 Å². The first-order chi connectivity index (χ1) is 16.0. The van der Waals surface area contributed by atoms with Crippen LogP contribution in [0.2, 0.25) is 0 Å². The summed E-state index contributed by atoms with van der Waals surface area (Å²) in [5, 5.41) is 0. The minimum Gasteiger partial charge on any atom is -0.289 e. The Bertz CT molecular complexity index is 1340. The minimum absolute atomic E-state index is 0.325. The molecule has 0 aromatic heterocycles. The maximum absolute atomic E-state index is 13.1. The van der Waals surface area contributed by atoms with Crippen molar-refractivity contribution in [1.29, 1.82) is 0 Å². The Hall–Kier alpha value is -3.87. The van der Waals surface area contributed by atoms with E-state index in [9.17, 15) is 31.1 Å². The molecule has 0 N–H and O–H groups in total. The van der Waals surface area contributed by atoms with Gasteiger partial charge in [0.15, 0.2) is 5.78 Å². The molecule has 0 radical (unpaired) electrons. The highest BCUT2D eigenvalue weighted by atomic mass is 19.4. The lowest BCUT2D eigenvalue weighted by Gasteiger charge is -2.10. The van der Waals surface area contributed by atoms with Gasteiger partial charge in [0.2, 0.25) is 0 Å². The number of rotatable bonds is 2. The van der Waals surface area contributed by atoms with Gasteiger partial charge in [-0.2, -0.15) is 26.3 Å². The summed E-state index contributed by atoms with van der Waals surface area (Å²) in [6.45, 7) is 0. The second-order valence-corrected chi connectivity index (χ2v) is 8.01. The van der Waals surface area contributed by atoms with E-state index in [0.29, 0.717) is 44.5 Å². The molecule has 0 saturated heterocycles. The van der Waals surface area contributed by atoms with Gasteiger partial charge >= 0.3 is 12.4 Å². The maximum atomic E-state index is 13.1. The van der Waals surface area contributed by atoms with Crippen molar-refractivity contribution in [2.75, 3.05) is 0 Å². The fourth-order valence-electron chi connectivity index (χ4n) is 4.19. The van der Waals surface area contributed by atoms with Crippen LogP contribution >= 0.6 is 0 Å². The molecule has 0 spiro atoms. The molecule has 0 fully saturated rings. The molecule has 34 heavy (non-hydrogen) atoms. The van der Waals surface area contributed by atoms with Gasteiger partial charge in [0.05, 0.1) is 11.1 Å². The van der Waals surface area contributed by atoms with Crippen molar-refractivity contribution < 1.29 is 31.1 Å². The zero-order valence-electron chi connectivity index (χ0n) is 17.3. The van der Waals surface area contributed by atoms with Gasteiger partial charge in [-0.3, -0.25) is 4.79 Å². The van der Waals surface area contributed by atoms with Crippen LogP contribution < -0.4 is 0 Å². The van der Waals surface area contributed by atoms with Gasteiger partial charge in [-0.05, 0) is 69.8 Å². The lowest BCUT2D eigenvalue weighted by molar-refractivity contribution is -0.138. The zero-order chi connectivity index (χ0) is 24.3. The van der Waals surface area contributed by atoms with Crippen LogP contribution in [0.25, 0.3) is 33.4 Å². The van der Waals surface area contributed by atoms with E-state index in [0.717, 1.165) is 24.3 Å². The summed E-state index contributed by atoms with van der Waals surface area (Å²) in [5.74, 6) is -0.326. The molecule has 1 aliphatic carbocycles. The first kappa shape index (κ1) is 21.9. The second kappa shape index (κ2) is 7.58. The van der Waals surface area contributed by atoms with Crippen LogP contribution in [0.4, 0.5) is 26.3 Å². The Kier molecular flexibility index (Phi) is 4.90. The molecule has 0 amide bonds. The molecule has 0 heterocycles. The summed E-state index contributed by atoms with van der Waals surface area (Å²) in [6, 6.07) is 19.5. The maximum Gasteiger partial charge on any atom is 0.416 e. The molecule has 0 atom stereocenters. The number of halogens is 6.